The molecule has 3 fully saturated rings. The van der Waals surface area contributed by atoms with Crippen molar-refractivity contribution in [2.24, 2.45) is 10.9 Å². The van der Waals surface area contributed by atoms with Crippen LogP contribution < -0.4 is 10.2 Å². The van der Waals surface area contributed by atoms with Gasteiger partial charge in [-0.1, -0.05) is 6.08 Å². The number of halogens is 2. The van der Waals surface area contributed by atoms with Crippen LogP contribution in [0.3, 0.4) is 0 Å². The molecule has 1 aromatic carbocycles. The van der Waals surface area contributed by atoms with Crippen LogP contribution >= 0.6 is 0 Å². The van der Waals surface area contributed by atoms with Gasteiger partial charge in [-0.25, -0.2) is 8.78 Å². The van der Waals surface area contributed by atoms with Gasteiger partial charge < -0.3 is 20.1 Å². The fourth-order valence-electron chi connectivity index (χ4n) is 7.24. The van der Waals surface area contributed by atoms with Gasteiger partial charge in [0, 0.05) is 76.1 Å². The molecule has 2 N–H and O–H groups in total. The maximum absolute atomic E-state index is 16.0. The Morgan fingerprint density at radius 3 is 2.79 bits per heavy atom. The molecular weight excluding hydrogens is 498 g/mol. The summed E-state index contributed by atoms with van der Waals surface area (Å²) in [5, 5.41) is 3.60. The molecule has 5 heterocycles. The molecule has 1 aliphatic carbocycles. The number of hydrogen-bond donors (Lipinski definition) is 2. The van der Waals surface area contributed by atoms with Crippen LogP contribution in [-0.4, -0.2) is 76.5 Å². The zero-order valence-corrected chi connectivity index (χ0v) is 22.2. The number of fused-ring (bicyclic) bond motifs is 2. The van der Waals surface area contributed by atoms with Crippen LogP contribution in [0.1, 0.15) is 44.1 Å². The number of carbonyl (C=O) groups is 1. The predicted molar refractivity (Wildman–Crippen MR) is 148 cm³/mol. The summed E-state index contributed by atoms with van der Waals surface area (Å²) in [6.07, 6.45) is 13.8. The van der Waals surface area contributed by atoms with Crippen LogP contribution in [0.2, 0.25) is 0 Å². The predicted octanol–water partition coefficient (Wildman–Crippen LogP) is 4.50. The highest BCUT2D eigenvalue weighted by atomic mass is 19.1. The molecule has 4 aliphatic heterocycles. The lowest BCUT2D eigenvalue weighted by atomic mass is 9.91. The Bertz CT molecular complexity index is 1290. The lowest BCUT2D eigenvalue weighted by molar-refractivity contribution is -0.147. The molecule has 9 heteroatoms. The normalized spacial score (nSPS) is 31.4. The lowest BCUT2D eigenvalue weighted by Gasteiger charge is -2.39. The fourth-order valence-corrected chi connectivity index (χ4v) is 7.24. The number of carbonyl (C=O) groups excluding carboxylic acids is 1. The van der Waals surface area contributed by atoms with Crippen molar-refractivity contribution in [3.8, 4) is 0 Å². The van der Waals surface area contributed by atoms with Gasteiger partial charge in [0.15, 0.2) is 5.67 Å². The summed E-state index contributed by atoms with van der Waals surface area (Å²) in [4.78, 5) is 27.9. The number of piperidine rings is 1. The van der Waals surface area contributed by atoms with E-state index in [2.05, 4.69) is 26.2 Å². The molecule has 5 aliphatic rings. The lowest BCUT2D eigenvalue weighted by Crippen LogP contribution is -2.53. The summed E-state index contributed by atoms with van der Waals surface area (Å²) in [6, 6.07) is 7.14. The summed E-state index contributed by atoms with van der Waals surface area (Å²) < 4.78 is 30.2. The number of aromatic amines is 1. The molecule has 0 bridgehead atoms. The number of aliphatic imine (C=N–C) groups is 1. The van der Waals surface area contributed by atoms with Crippen molar-refractivity contribution in [3.05, 3.63) is 60.2 Å². The van der Waals surface area contributed by atoms with Gasteiger partial charge in [0.05, 0.1) is 11.4 Å². The van der Waals surface area contributed by atoms with Crippen molar-refractivity contribution >= 4 is 23.5 Å². The number of hydrogen-bond acceptors (Lipinski definition) is 5. The number of dihydropyridines is 1. The molecule has 7 nitrogen and oxygen atoms in total. The second-order valence-electron chi connectivity index (χ2n) is 11.9. The fraction of sp³-hybridized carbons (Fsp3) is 0.533. The molecular formula is C30H36F2N6O. The number of rotatable bonds is 5. The number of alkyl halides is 1. The quantitative estimate of drug-likeness (QED) is 0.593. The average Bonchev–Trinajstić information content (AvgIpc) is 3.39. The maximum Gasteiger partial charge on any atom is 0.260 e. The molecule has 1 aromatic heterocycles. The third-order valence-electron chi connectivity index (χ3n) is 9.53. The highest BCUT2D eigenvalue weighted by Gasteiger charge is 2.63. The first-order valence-corrected chi connectivity index (χ1v) is 14.3. The van der Waals surface area contributed by atoms with Crippen molar-refractivity contribution < 1.29 is 13.6 Å². The third kappa shape index (κ3) is 4.35. The minimum atomic E-state index is -1.79. The first-order chi connectivity index (χ1) is 19.0. The number of nitrogens with zero attached hydrogens (tertiary/aromatic N) is 4. The van der Waals surface area contributed by atoms with E-state index in [4.69, 9.17) is 4.99 Å². The zero-order valence-electron chi connectivity index (χ0n) is 22.2. The number of anilines is 2. The van der Waals surface area contributed by atoms with E-state index in [9.17, 15) is 9.18 Å². The molecule has 0 radical (unpaired) electrons. The van der Waals surface area contributed by atoms with Gasteiger partial charge in [-0.3, -0.25) is 14.7 Å². The van der Waals surface area contributed by atoms with E-state index in [0.717, 1.165) is 43.6 Å². The minimum absolute atomic E-state index is 0.0652. The van der Waals surface area contributed by atoms with Crippen molar-refractivity contribution in [1.29, 1.82) is 0 Å². The molecule has 4 unspecified atom stereocenters. The van der Waals surface area contributed by atoms with Gasteiger partial charge in [0.2, 0.25) is 0 Å². The van der Waals surface area contributed by atoms with Crippen LogP contribution in [0, 0.1) is 11.7 Å². The monoisotopic (exact) mass is 534 g/mol. The van der Waals surface area contributed by atoms with Crippen LogP contribution in [0.25, 0.3) is 0 Å². The molecule has 2 saturated heterocycles. The Kier molecular flexibility index (Phi) is 6.02. The van der Waals surface area contributed by atoms with Crippen LogP contribution in [-0.2, 0) is 11.3 Å². The molecule has 1 saturated carbocycles. The highest BCUT2D eigenvalue weighted by molar-refractivity contribution is 5.85. The largest absolute Gasteiger partial charge is 0.367 e. The second kappa shape index (κ2) is 9.47. The van der Waals surface area contributed by atoms with Crippen LogP contribution in [0.15, 0.2) is 53.8 Å². The molecule has 0 spiro atoms. The van der Waals surface area contributed by atoms with Gasteiger partial charge in [-0.05, 0) is 61.6 Å². The van der Waals surface area contributed by atoms with E-state index in [0.29, 0.717) is 32.1 Å². The maximum atomic E-state index is 16.0. The number of amides is 1. The summed E-state index contributed by atoms with van der Waals surface area (Å²) >= 11 is 0. The third-order valence-corrected chi connectivity index (χ3v) is 9.53. The molecule has 2 aromatic rings. The number of allylic oxidation sites excluding steroid dienone is 1. The van der Waals surface area contributed by atoms with E-state index >= 15 is 4.39 Å². The van der Waals surface area contributed by atoms with Crippen LogP contribution in [0.4, 0.5) is 20.2 Å². The Morgan fingerprint density at radius 1 is 1.13 bits per heavy atom. The van der Waals surface area contributed by atoms with Crippen LogP contribution in [0.5, 0.6) is 0 Å². The van der Waals surface area contributed by atoms with E-state index in [1.54, 1.807) is 11.0 Å². The number of nitrogens with one attached hydrogen (secondary N) is 2. The molecule has 7 rings (SSSR count). The van der Waals surface area contributed by atoms with Crippen molar-refractivity contribution in [2.75, 3.05) is 36.4 Å². The van der Waals surface area contributed by atoms with Gasteiger partial charge >= 0.3 is 0 Å². The van der Waals surface area contributed by atoms with E-state index < -0.39 is 5.67 Å². The van der Waals surface area contributed by atoms with E-state index in [1.165, 1.54) is 11.6 Å². The summed E-state index contributed by atoms with van der Waals surface area (Å²) in [5.74, 6) is -0.227. The first kappa shape index (κ1) is 24.8. The smallest absolute Gasteiger partial charge is 0.260 e. The van der Waals surface area contributed by atoms with Crippen molar-refractivity contribution in [1.82, 2.24) is 14.8 Å². The Balaban J connectivity index is 1.04. The van der Waals surface area contributed by atoms with Gasteiger partial charge in [0.25, 0.3) is 5.91 Å². The first-order valence-electron chi connectivity index (χ1n) is 14.3. The number of aromatic nitrogens is 1. The molecule has 39 heavy (non-hydrogen) atoms. The zero-order chi connectivity index (χ0) is 26.6. The Morgan fingerprint density at radius 2 is 2.00 bits per heavy atom. The van der Waals surface area contributed by atoms with Gasteiger partial charge in [-0.2, -0.15) is 0 Å². The standard InChI is InChI=1S/C30H36F2N6O/c31-23-5-6-26-25(17-23)35-27(30-18-22(30)3-1-11-34-30)38(26)24-4-2-13-37(14-8-24)28(39)29(32)9-15-36(16-10-29)20-21-7-12-33-19-21/h1,3,5-7,11-12,17,19,22,24,27,33,35H,2,4,8-10,13-16,18,20H2. The molecule has 4 atom stereocenters. The SMILES string of the molecule is O=C(N1CCCC(N2c3ccc(F)cc3NC2C23CC2C=CC=N3)CC1)C1(F)CCN(Cc2cc[nH]c2)CC1. The number of H-pyrrole nitrogens is 1. The summed E-state index contributed by atoms with van der Waals surface area (Å²) in [7, 11) is 0. The van der Waals surface area contributed by atoms with Gasteiger partial charge in [-0.15, -0.1) is 0 Å². The molecule has 206 valence electrons. The molecule has 1 amide bonds. The van der Waals surface area contributed by atoms with E-state index in [-0.39, 0.29) is 42.3 Å². The summed E-state index contributed by atoms with van der Waals surface area (Å²) in [6.45, 7) is 3.04. The summed E-state index contributed by atoms with van der Waals surface area (Å²) in [5.41, 5.74) is 0.935. The Labute approximate surface area is 227 Å². The highest BCUT2D eigenvalue weighted by Crippen LogP contribution is 2.57. The van der Waals surface area contributed by atoms with Gasteiger partial charge in [0.1, 0.15) is 17.5 Å². The number of likely N-dealkylation sites (tertiary alicyclic amines) is 2. The average molecular weight is 535 g/mol. The second-order valence-corrected chi connectivity index (χ2v) is 11.9. The van der Waals surface area contributed by atoms with Crippen molar-refractivity contribution in [3.63, 3.8) is 0 Å². The number of benzene rings is 1. The van der Waals surface area contributed by atoms with E-state index in [1.807, 2.05) is 36.8 Å². The Hall–Kier alpha value is -3.20. The minimum Gasteiger partial charge on any atom is -0.367 e. The topological polar surface area (TPSA) is 67.0 Å². The van der Waals surface area contributed by atoms with Crippen molar-refractivity contribution in [2.45, 2.75) is 68.5 Å².